The van der Waals surface area contributed by atoms with Crippen molar-refractivity contribution in [3.8, 4) is 6.07 Å². The highest BCUT2D eigenvalue weighted by Gasteiger charge is 2.26. The summed E-state index contributed by atoms with van der Waals surface area (Å²) in [5, 5.41) is 18.6. The van der Waals surface area contributed by atoms with Gasteiger partial charge in [0.1, 0.15) is 0 Å². The number of benzene rings is 1. The van der Waals surface area contributed by atoms with Gasteiger partial charge in [-0.05, 0) is 25.8 Å². The molecule has 3 heteroatoms. The second-order valence-corrected chi connectivity index (χ2v) is 4.68. The Morgan fingerprint density at radius 2 is 2.00 bits per heavy atom. The lowest BCUT2D eigenvalue weighted by molar-refractivity contribution is 0.0330. The van der Waals surface area contributed by atoms with Crippen LogP contribution in [-0.4, -0.2) is 17.8 Å². The molecule has 92 valence electrons. The number of aliphatic hydroxyl groups excluding tert-OH is 1. The van der Waals surface area contributed by atoms with E-state index >= 15 is 0 Å². The third-order valence-corrected chi connectivity index (χ3v) is 2.77. The van der Waals surface area contributed by atoms with Crippen molar-refractivity contribution in [2.24, 2.45) is 5.41 Å². The first kappa shape index (κ1) is 13.7. The predicted molar refractivity (Wildman–Crippen MR) is 66.1 cm³/mol. The van der Waals surface area contributed by atoms with E-state index in [-0.39, 0.29) is 0 Å². The maximum atomic E-state index is 9.77. The largest absolute Gasteiger partial charge is 0.391 e. The van der Waals surface area contributed by atoms with Gasteiger partial charge in [0.25, 0.3) is 0 Å². The van der Waals surface area contributed by atoms with Crippen molar-refractivity contribution in [3.63, 3.8) is 0 Å². The summed E-state index contributed by atoms with van der Waals surface area (Å²) < 4.78 is 5.46. The van der Waals surface area contributed by atoms with Gasteiger partial charge in [0.2, 0.25) is 0 Å². The Morgan fingerprint density at radius 3 is 2.59 bits per heavy atom. The Kier molecular flexibility index (Phi) is 5.14. The molecular weight excluding hydrogens is 214 g/mol. The zero-order valence-electron chi connectivity index (χ0n) is 10.4. The number of nitriles is 1. The molecule has 0 radical (unpaired) electrons. The molecule has 0 spiro atoms. The van der Waals surface area contributed by atoms with E-state index in [2.05, 4.69) is 6.07 Å². The molecule has 0 saturated heterocycles. The van der Waals surface area contributed by atoms with Crippen molar-refractivity contribution < 1.29 is 9.84 Å². The second kappa shape index (κ2) is 6.39. The molecule has 1 rings (SSSR count). The number of rotatable bonds is 6. The van der Waals surface area contributed by atoms with Gasteiger partial charge < -0.3 is 9.84 Å². The predicted octanol–water partition coefficient (Wildman–Crippen LogP) is 2.50. The molecule has 1 N–H and O–H groups in total. The Labute approximate surface area is 103 Å². The van der Waals surface area contributed by atoms with Crippen molar-refractivity contribution >= 4 is 0 Å². The van der Waals surface area contributed by atoms with Crippen LogP contribution in [-0.2, 0) is 11.3 Å². The van der Waals surface area contributed by atoms with Crippen LogP contribution in [0.3, 0.4) is 0 Å². The monoisotopic (exact) mass is 233 g/mol. The Morgan fingerprint density at radius 1 is 1.35 bits per heavy atom. The van der Waals surface area contributed by atoms with Gasteiger partial charge in [-0.2, -0.15) is 5.26 Å². The van der Waals surface area contributed by atoms with Crippen LogP contribution in [0.4, 0.5) is 0 Å². The Bertz CT molecular complexity index is 368. The van der Waals surface area contributed by atoms with Crippen LogP contribution < -0.4 is 0 Å². The van der Waals surface area contributed by atoms with Crippen LogP contribution in [0.2, 0.25) is 0 Å². The average Bonchev–Trinajstić information content (AvgIpc) is 2.35. The van der Waals surface area contributed by atoms with E-state index < -0.39 is 11.5 Å². The molecular formula is C14H19NO2. The molecule has 3 nitrogen and oxygen atoms in total. The van der Waals surface area contributed by atoms with E-state index in [4.69, 9.17) is 10.00 Å². The van der Waals surface area contributed by atoms with Crippen LogP contribution in [0, 0.1) is 16.7 Å². The molecule has 0 aliphatic heterocycles. The van der Waals surface area contributed by atoms with Gasteiger partial charge in [-0.25, -0.2) is 0 Å². The van der Waals surface area contributed by atoms with E-state index in [0.717, 1.165) is 5.56 Å². The highest BCUT2D eigenvalue weighted by molar-refractivity contribution is 5.13. The minimum atomic E-state index is -0.712. The van der Waals surface area contributed by atoms with Gasteiger partial charge in [-0.15, -0.1) is 0 Å². The smallest absolute Gasteiger partial charge is 0.0777 e. The van der Waals surface area contributed by atoms with Crippen LogP contribution in [0.25, 0.3) is 0 Å². The van der Waals surface area contributed by atoms with Gasteiger partial charge in [0.15, 0.2) is 0 Å². The first-order valence-electron chi connectivity index (χ1n) is 5.77. The van der Waals surface area contributed by atoms with Gasteiger partial charge in [-0.3, -0.25) is 0 Å². The van der Waals surface area contributed by atoms with Crippen molar-refractivity contribution in [1.82, 2.24) is 0 Å². The zero-order valence-corrected chi connectivity index (χ0v) is 10.4. The average molecular weight is 233 g/mol. The molecule has 0 aliphatic carbocycles. The lowest BCUT2D eigenvalue weighted by atomic mass is 9.87. The van der Waals surface area contributed by atoms with Crippen molar-refractivity contribution in [3.05, 3.63) is 35.9 Å². The Hall–Kier alpha value is -1.37. The maximum absolute atomic E-state index is 9.77. The summed E-state index contributed by atoms with van der Waals surface area (Å²) in [5.41, 5.74) is 0.400. The van der Waals surface area contributed by atoms with Crippen LogP contribution in [0.15, 0.2) is 30.3 Å². The molecule has 0 bridgehead atoms. The van der Waals surface area contributed by atoms with E-state index in [1.165, 1.54) is 0 Å². The molecule has 1 aromatic rings. The minimum absolute atomic E-state index is 0.459. The first-order valence-corrected chi connectivity index (χ1v) is 5.77. The molecule has 0 amide bonds. The SMILES string of the molecule is CC(C)(C#N)[C@@H](O)CCOCc1ccccc1. The summed E-state index contributed by atoms with van der Waals surface area (Å²) in [6.07, 6.45) is -0.170. The molecule has 1 aromatic carbocycles. The van der Waals surface area contributed by atoms with Crippen LogP contribution >= 0.6 is 0 Å². The van der Waals surface area contributed by atoms with E-state index in [9.17, 15) is 5.11 Å². The third-order valence-electron chi connectivity index (χ3n) is 2.77. The molecule has 0 saturated carbocycles. The lowest BCUT2D eigenvalue weighted by Crippen LogP contribution is -2.28. The van der Waals surface area contributed by atoms with E-state index in [1.54, 1.807) is 13.8 Å². The summed E-state index contributed by atoms with van der Waals surface area (Å²) in [7, 11) is 0. The topological polar surface area (TPSA) is 53.2 Å². The molecule has 17 heavy (non-hydrogen) atoms. The molecule has 0 unspecified atom stereocenters. The standard InChI is InChI=1S/C14H19NO2/c1-14(2,11-15)13(16)8-9-17-10-12-6-4-3-5-7-12/h3-7,13,16H,8-10H2,1-2H3/t13-/m0/s1. The number of nitrogens with zero attached hydrogens (tertiary/aromatic N) is 1. The lowest BCUT2D eigenvalue weighted by Gasteiger charge is -2.22. The maximum Gasteiger partial charge on any atom is 0.0777 e. The zero-order chi connectivity index (χ0) is 12.7. The minimum Gasteiger partial charge on any atom is -0.391 e. The fraction of sp³-hybridized carbons (Fsp3) is 0.500. The van der Waals surface area contributed by atoms with Crippen LogP contribution in [0.1, 0.15) is 25.8 Å². The third kappa shape index (κ3) is 4.56. The summed E-state index contributed by atoms with van der Waals surface area (Å²) in [6, 6.07) is 12.0. The summed E-state index contributed by atoms with van der Waals surface area (Å²) >= 11 is 0. The van der Waals surface area contributed by atoms with Gasteiger partial charge >= 0.3 is 0 Å². The second-order valence-electron chi connectivity index (χ2n) is 4.68. The highest BCUT2D eigenvalue weighted by Crippen LogP contribution is 2.21. The van der Waals surface area contributed by atoms with Crippen molar-refractivity contribution in [2.75, 3.05) is 6.61 Å². The van der Waals surface area contributed by atoms with Gasteiger partial charge in [-0.1, -0.05) is 30.3 Å². The number of hydrogen-bond donors (Lipinski definition) is 1. The van der Waals surface area contributed by atoms with Crippen LogP contribution in [0.5, 0.6) is 0 Å². The number of aliphatic hydroxyl groups is 1. The van der Waals surface area contributed by atoms with Gasteiger partial charge in [0, 0.05) is 6.61 Å². The first-order chi connectivity index (χ1) is 8.06. The normalized spacial score (nSPS) is 13.1. The molecule has 0 aromatic heterocycles. The summed E-state index contributed by atoms with van der Waals surface area (Å²) in [6.45, 7) is 4.46. The fourth-order valence-corrected chi connectivity index (χ4v) is 1.39. The van der Waals surface area contributed by atoms with E-state index in [1.807, 2.05) is 30.3 Å². The highest BCUT2D eigenvalue weighted by atomic mass is 16.5. The summed E-state index contributed by atoms with van der Waals surface area (Å²) in [4.78, 5) is 0. The summed E-state index contributed by atoms with van der Waals surface area (Å²) in [5.74, 6) is 0. The number of hydrogen-bond acceptors (Lipinski definition) is 3. The quantitative estimate of drug-likeness (QED) is 0.768. The fourth-order valence-electron chi connectivity index (χ4n) is 1.39. The van der Waals surface area contributed by atoms with E-state index in [0.29, 0.717) is 19.6 Å². The molecule has 0 aliphatic rings. The van der Waals surface area contributed by atoms with Gasteiger partial charge in [0.05, 0.1) is 24.2 Å². The van der Waals surface area contributed by atoms with Crippen molar-refractivity contribution in [1.29, 1.82) is 5.26 Å². The molecule has 0 heterocycles. The Balaban J connectivity index is 2.24. The molecule has 1 atom stereocenters. The number of ether oxygens (including phenoxy) is 1. The van der Waals surface area contributed by atoms with Crippen molar-refractivity contribution in [2.45, 2.75) is 33.0 Å². The molecule has 0 fully saturated rings.